The van der Waals surface area contributed by atoms with E-state index in [1.165, 1.54) is 0 Å². The maximum absolute atomic E-state index is 5.92. The number of halogens is 1. The molecule has 0 aromatic heterocycles. The summed E-state index contributed by atoms with van der Waals surface area (Å²) in [7, 11) is 1.63. The second-order valence-corrected chi connectivity index (χ2v) is 4.74. The molecule has 0 aliphatic heterocycles. The average Bonchev–Trinajstić information content (AvgIpc) is 2.55. The molecule has 21 heavy (non-hydrogen) atoms. The first-order chi connectivity index (χ1) is 10.3. The van der Waals surface area contributed by atoms with E-state index in [-0.39, 0.29) is 0 Å². The van der Waals surface area contributed by atoms with E-state index in [0.717, 1.165) is 29.2 Å². The van der Waals surface area contributed by atoms with Crippen molar-refractivity contribution in [3.05, 3.63) is 54.1 Å². The fraction of sp³-hybridized carbons (Fsp3) is 0.294. The van der Waals surface area contributed by atoms with Crippen molar-refractivity contribution < 1.29 is 14.2 Å². The van der Waals surface area contributed by atoms with Crippen molar-refractivity contribution in [3.63, 3.8) is 0 Å². The summed E-state index contributed by atoms with van der Waals surface area (Å²) in [6.07, 6.45) is 0.808. The van der Waals surface area contributed by atoms with Gasteiger partial charge in [-0.1, -0.05) is 18.2 Å². The van der Waals surface area contributed by atoms with E-state index >= 15 is 0 Å². The van der Waals surface area contributed by atoms with Crippen LogP contribution in [0.4, 0.5) is 0 Å². The predicted octanol–water partition coefficient (Wildman–Crippen LogP) is 4.28. The molecule has 0 spiro atoms. The van der Waals surface area contributed by atoms with Crippen molar-refractivity contribution in [2.75, 3.05) is 20.3 Å². The lowest BCUT2D eigenvalue weighted by molar-refractivity contribution is 0.246. The van der Waals surface area contributed by atoms with Crippen molar-refractivity contribution in [3.8, 4) is 17.2 Å². The fourth-order valence-corrected chi connectivity index (χ4v) is 2.08. The van der Waals surface area contributed by atoms with Gasteiger partial charge in [0.15, 0.2) is 0 Å². The molecule has 0 saturated heterocycles. The van der Waals surface area contributed by atoms with E-state index < -0.39 is 0 Å². The highest BCUT2D eigenvalue weighted by Gasteiger charge is 2.05. The molecule has 0 aliphatic rings. The first-order valence-corrected chi connectivity index (χ1v) is 7.40. The van der Waals surface area contributed by atoms with Crippen LogP contribution >= 0.6 is 11.6 Å². The molecule has 0 bridgehead atoms. The second kappa shape index (κ2) is 8.42. The number of ether oxygens (including phenoxy) is 3. The minimum atomic E-state index is 0.396. The number of hydrogen-bond acceptors (Lipinski definition) is 3. The Morgan fingerprint density at radius 2 is 1.67 bits per heavy atom. The molecule has 0 saturated carbocycles. The van der Waals surface area contributed by atoms with Gasteiger partial charge in [-0.05, 0) is 30.3 Å². The Morgan fingerprint density at radius 3 is 2.38 bits per heavy atom. The van der Waals surface area contributed by atoms with Gasteiger partial charge < -0.3 is 14.2 Å². The molecular formula is C17H19ClO3. The van der Waals surface area contributed by atoms with Crippen LogP contribution in [0.3, 0.4) is 0 Å². The van der Waals surface area contributed by atoms with Gasteiger partial charge in [0.1, 0.15) is 17.2 Å². The first kappa shape index (κ1) is 15.5. The van der Waals surface area contributed by atoms with Crippen LogP contribution in [0, 0.1) is 0 Å². The number of methoxy groups -OCH3 is 1. The maximum atomic E-state index is 5.92. The van der Waals surface area contributed by atoms with Gasteiger partial charge in [-0.3, -0.25) is 0 Å². The van der Waals surface area contributed by atoms with E-state index in [9.17, 15) is 0 Å². The number of benzene rings is 2. The molecule has 0 atom stereocenters. The molecule has 0 radical (unpaired) electrons. The summed E-state index contributed by atoms with van der Waals surface area (Å²) in [5.74, 6) is 2.85. The third-order valence-corrected chi connectivity index (χ3v) is 3.26. The smallest absolute Gasteiger partial charge is 0.123 e. The zero-order chi connectivity index (χ0) is 14.9. The third-order valence-electron chi connectivity index (χ3n) is 2.97. The lowest BCUT2D eigenvalue weighted by Crippen LogP contribution is -2.06. The Bertz CT molecular complexity index is 543. The van der Waals surface area contributed by atoms with Crippen molar-refractivity contribution in [1.82, 2.24) is 0 Å². The molecular weight excluding hydrogens is 288 g/mol. The van der Waals surface area contributed by atoms with Crippen LogP contribution in [0.1, 0.15) is 12.0 Å². The molecule has 2 rings (SSSR count). The molecule has 0 N–H and O–H groups in total. The fourth-order valence-electron chi connectivity index (χ4n) is 1.88. The van der Waals surface area contributed by atoms with Gasteiger partial charge in [-0.25, -0.2) is 0 Å². The van der Waals surface area contributed by atoms with Crippen LogP contribution in [0.15, 0.2) is 48.5 Å². The van der Waals surface area contributed by atoms with Crippen LogP contribution in [-0.4, -0.2) is 20.3 Å². The van der Waals surface area contributed by atoms with Gasteiger partial charge >= 0.3 is 0 Å². The summed E-state index contributed by atoms with van der Waals surface area (Å²) in [5, 5.41) is 0. The summed E-state index contributed by atoms with van der Waals surface area (Å²) in [6, 6.07) is 15.4. The highest BCUT2D eigenvalue weighted by Crippen LogP contribution is 2.25. The summed E-state index contributed by atoms with van der Waals surface area (Å²) in [5.41, 5.74) is 0.931. The van der Waals surface area contributed by atoms with Crippen molar-refractivity contribution >= 4 is 11.6 Å². The molecule has 0 unspecified atom stereocenters. The quantitative estimate of drug-likeness (QED) is 0.538. The van der Waals surface area contributed by atoms with E-state index in [4.69, 9.17) is 25.8 Å². The van der Waals surface area contributed by atoms with Gasteiger partial charge in [0.2, 0.25) is 0 Å². The Morgan fingerprint density at radius 1 is 0.905 bits per heavy atom. The van der Waals surface area contributed by atoms with Gasteiger partial charge in [0.25, 0.3) is 0 Å². The van der Waals surface area contributed by atoms with Gasteiger partial charge in [0.05, 0.1) is 26.2 Å². The molecule has 4 heteroatoms. The molecule has 3 nitrogen and oxygen atoms in total. The first-order valence-electron chi connectivity index (χ1n) is 6.87. The lowest BCUT2D eigenvalue weighted by Gasteiger charge is -2.11. The normalized spacial score (nSPS) is 10.2. The Balaban J connectivity index is 1.76. The highest BCUT2D eigenvalue weighted by molar-refractivity contribution is 6.17. The van der Waals surface area contributed by atoms with Gasteiger partial charge in [0, 0.05) is 12.0 Å². The average molecular weight is 307 g/mol. The Kier molecular flexibility index (Phi) is 6.22. The van der Waals surface area contributed by atoms with E-state index in [2.05, 4.69) is 0 Å². The van der Waals surface area contributed by atoms with Gasteiger partial charge in [-0.15, -0.1) is 11.6 Å². The van der Waals surface area contributed by atoms with Crippen molar-refractivity contribution in [2.24, 2.45) is 0 Å². The molecule has 112 valence electrons. The van der Waals surface area contributed by atoms with Crippen LogP contribution in [0.25, 0.3) is 0 Å². The molecule has 0 heterocycles. The summed E-state index contributed by atoms with van der Waals surface area (Å²) in [4.78, 5) is 0. The number of para-hydroxylation sites is 1. The highest BCUT2D eigenvalue weighted by atomic mass is 35.5. The SMILES string of the molecule is COc1ccc(OCCCOc2ccccc2)c(CCl)c1. The minimum Gasteiger partial charge on any atom is -0.497 e. The van der Waals surface area contributed by atoms with Crippen LogP contribution in [-0.2, 0) is 5.88 Å². The van der Waals surface area contributed by atoms with Crippen LogP contribution in [0.5, 0.6) is 17.2 Å². The minimum absolute atomic E-state index is 0.396. The summed E-state index contributed by atoms with van der Waals surface area (Å²) >= 11 is 5.92. The van der Waals surface area contributed by atoms with E-state index in [1.54, 1.807) is 7.11 Å². The zero-order valence-electron chi connectivity index (χ0n) is 12.0. The van der Waals surface area contributed by atoms with Crippen LogP contribution < -0.4 is 14.2 Å². The Labute approximate surface area is 130 Å². The summed E-state index contributed by atoms with van der Waals surface area (Å²) in [6.45, 7) is 1.21. The number of rotatable bonds is 8. The molecule has 0 fully saturated rings. The summed E-state index contributed by atoms with van der Waals surface area (Å²) < 4.78 is 16.5. The predicted molar refractivity (Wildman–Crippen MR) is 84.6 cm³/mol. The standard InChI is InChI=1S/C17H19ClO3/c1-19-16-8-9-17(14(12-16)13-18)21-11-5-10-20-15-6-3-2-4-7-15/h2-4,6-9,12H,5,10-11,13H2,1H3. The number of hydrogen-bond donors (Lipinski definition) is 0. The molecule has 0 amide bonds. The largest absolute Gasteiger partial charge is 0.497 e. The molecule has 2 aromatic carbocycles. The third kappa shape index (κ3) is 4.87. The monoisotopic (exact) mass is 306 g/mol. The zero-order valence-corrected chi connectivity index (χ0v) is 12.8. The lowest BCUT2D eigenvalue weighted by atomic mass is 10.2. The van der Waals surface area contributed by atoms with E-state index in [1.807, 2.05) is 48.5 Å². The van der Waals surface area contributed by atoms with Gasteiger partial charge in [-0.2, -0.15) is 0 Å². The topological polar surface area (TPSA) is 27.7 Å². The van der Waals surface area contributed by atoms with Crippen molar-refractivity contribution in [1.29, 1.82) is 0 Å². The maximum Gasteiger partial charge on any atom is 0.123 e. The van der Waals surface area contributed by atoms with Crippen LogP contribution in [0.2, 0.25) is 0 Å². The molecule has 2 aromatic rings. The second-order valence-electron chi connectivity index (χ2n) is 4.47. The molecule has 0 aliphatic carbocycles. The number of alkyl halides is 1. The Hall–Kier alpha value is -1.87. The van der Waals surface area contributed by atoms with E-state index in [0.29, 0.717) is 19.1 Å². The van der Waals surface area contributed by atoms with Crippen molar-refractivity contribution in [2.45, 2.75) is 12.3 Å².